The third kappa shape index (κ3) is 2.82. The first-order chi connectivity index (χ1) is 10.7. The molecule has 0 radical (unpaired) electrons. The number of rotatable bonds is 4. The van der Waals surface area contributed by atoms with Crippen LogP contribution in [0, 0.1) is 12.8 Å². The van der Waals surface area contributed by atoms with Gasteiger partial charge in [0, 0.05) is 37.9 Å². The number of piperidine rings is 1. The Morgan fingerprint density at radius 2 is 1.95 bits per heavy atom. The molecule has 0 spiro atoms. The average Bonchev–Trinajstić information content (AvgIpc) is 2.55. The van der Waals surface area contributed by atoms with Crippen LogP contribution in [-0.2, 0) is 11.2 Å². The average molecular weight is 298 g/mol. The van der Waals surface area contributed by atoms with Crippen LogP contribution in [-0.4, -0.2) is 31.8 Å². The molecule has 22 heavy (non-hydrogen) atoms. The van der Waals surface area contributed by atoms with Crippen molar-refractivity contribution in [2.24, 2.45) is 5.92 Å². The van der Waals surface area contributed by atoms with E-state index in [2.05, 4.69) is 43.0 Å². The van der Waals surface area contributed by atoms with Crippen LogP contribution in [0.2, 0.25) is 0 Å². The van der Waals surface area contributed by atoms with Gasteiger partial charge in [0.25, 0.3) is 0 Å². The Hall–Kier alpha value is -1.61. The molecule has 0 amide bonds. The highest BCUT2D eigenvalue weighted by Gasteiger charge is 2.23. The molecule has 2 heterocycles. The van der Waals surface area contributed by atoms with Gasteiger partial charge in [-0.15, -0.1) is 0 Å². The predicted molar refractivity (Wildman–Crippen MR) is 92.7 cm³/mol. The maximum absolute atomic E-state index is 5.33. The SMILES string of the molecule is CCc1c(C)nc2ccccc2c1N1CCC(COC)CC1. The van der Waals surface area contributed by atoms with E-state index in [-0.39, 0.29) is 0 Å². The lowest BCUT2D eigenvalue weighted by atomic mass is 9.95. The second kappa shape index (κ2) is 6.66. The monoisotopic (exact) mass is 298 g/mol. The summed E-state index contributed by atoms with van der Waals surface area (Å²) in [7, 11) is 1.81. The Balaban J connectivity index is 1.99. The first-order valence-electron chi connectivity index (χ1n) is 8.36. The number of benzene rings is 1. The summed E-state index contributed by atoms with van der Waals surface area (Å²) in [6.45, 7) is 7.51. The molecule has 3 nitrogen and oxygen atoms in total. The molecular formula is C19H26N2O. The number of hydrogen-bond donors (Lipinski definition) is 0. The van der Waals surface area contributed by atoms with E-state index < -0.39 is 0 Å². The molecule has 0 unspecified atom stereocenters. The molecule has 0 aliphatic carbocycles. The summed E-state index contributed by atoms with van der Waals surface area (Å²) in [5.41, 5.74) is 5.12. The summed E-state index contributed by atoms with van der Waals surface area (Å²) in [4.78, 5) is 7.37. The molecular weight excluding hydrogens is 272 g/mol. The van der Waals surface area contributed by atoms with Gasteiger partial charge in [0.2, 0.25) is 0 Å². The maximum atomic E-state index is 5.33. The number of ether oxygens (including phenoxy) is 1. The lowest BCUT2D eigenvalue weighted by Crippen LogP contribution is -2.35. The van der Waals surface area contributed by atoms with Gasteiger partial charge in [-0.25, -0.2) is 0 Å². The zero-order valence-corrected chi connectivity index (χ0v) is 13.9. The standard InChI is InChI=1S/C19H26N2O/c1-4-16-14(2)20-18-8-6-5-7-17(18)19(16)21-11-9-15(10-12-21)13-22-3/h5-8,15H,4,9-13H2,1-3H3. The van der Waals surface area contributed by atoms with Gasteiger partial charge in [-0.2, -0.15) is 0 Å². The molecule has 3 rings (SSSR count). The van der Waals surface area contributed by atoms with Gasteiger partial charge in [-0.1, -0.05) is 25.1 Å². The summed E-state index contributed by atoms with van der Waals surface area (Å²) < 4.78 is 5.33. The summed E-state index contributed by atoms with van der Waals surface area (Å²) in [5.74, 6) is 0.709. The fraction of sp³-hybridized carbons (Fsp3) is 0.526. The van der Waals surface area contributed by atoms with Crippen LogP contribution in [0.4, 0.5) is 5.69 Å². The van der Waals surface area contributed by atoms with Gasteiger partial charge in [-0.05, 0) is 43.7 Å². The normalized spacial score (nSPS) is 16.4. The molecule has 0 atom stereocenters. The van der Waals surface area contributed by atoms with Crippen LogP contribution in [0.5, 0.6) is 0 Å². The first kappa shape index (κ1) is 15.3. The molecule has 1 aliphatic heterocycles. The van der Waals surface area contributed by atoms with Crippen molar-refractivity contribution in [3.05, 3.63) is 35.5 Å². The maximum Gasteiger partial charge on any atom is 0.0726 e. The number of aromatic nitrogens is 1. The quantitative estimate of drug-likeness (QED) is 0.854. The van der Waals surface area contributed by atoms with Gasteiger partial charge in [0.05, 0.1) is 11.2 Å². The lowest BCUT2D eigenvalue weighted by Gasteiger charge is -2.35. The number of fused-ring (bicyclic) bond motifs is 1. The van der Waals surface area contributed by atoms with Gasteiger partial charge >= 0.3 is 0 Å². The van der Waals surface area contributed by atoms with E-state index in [9.17, 15) is 0 Å². The number of pyridine rings is 1. The van der Waals surface area contributed by atoms with Gasteiger partial charge in [-0.3, -0.25) is 4.98 Å². The number of anilines is 1. The minimum absolute atomic E-state index is 0.709. The minimum Gasteiger partial charge on any atom is -0.384 e. The van der Waals surface area contributed by atoms with Crippen molar-refractivity contribution >= 4 is 16.6 Å². The highest BCUT2D eigenvalue weighted by Crippen LogP contribution is 2.34. The van der Waals surface area contributed by atoms with Crippen molar-refractivity contribution in [2.45, 2.75) is 33.1 Å². The van der Waals surface area contributed by atoms with E-state index in [1.54, 1.807) is 7.11 Å². The molecule has 1 fully saturated rings. The van der Waals surface area contributed by atoms with Crippen molar-refractivity contribution < 1.29 is 4.74 Å². The second-order valence-electron chi connectivity index (χ2n) is 6.28. The van der Waals surface area contributed by atoms with Crippen LogP contribution in [0.1, 0.15) is 31.0 Å². The molecule has 2 aromatic rings. The Kier molecular flexibility index (Phi) is 4.63. The molecule has 1 aromatic carbocycles. The van der Waals surface area contributed by atoms with Crippen molar-refractivity contribution in [1.29, 1.82) is 0 Å². The van der Waals surface area contributed by atoms with E-state index in [1.165, 1.54) is 35.2 Å². The molecule has 0 bridgehead atoms. The molecule has 118 valence electrons. The van der Waals surface area contributed by atoms with E-state index in [4.69, 9.17) is 9.72 Å². The molecule has 1 saturated heterocycles. The molecule has 1 aromatic heterocycles. The number of nitrogens with zero attached hydrogens (tertiary/aromatic N) is 2. The topological polar surface area (TPSA) is 25.4 Å². The van der Waals surface area contributed by atoms with Crippen molar-refractivity contribution in [1.82, 2.24) is 4.98 Å². The van der Waals surface area contributed by atoms with Crippen molar-refractivity contribution in [2.75, 3.05) is 31.7 Å². The third-order valence-electron chi connectivity index (χ3n) is 4.86. The molecule has 0 N–H and O–H groups in total. The van der Waals surface area contributed by atoms with E-state index in [1.807, 2.05) is 0 Å². The first-order valence-corrected chi connectivity index (χ1v) is 8.36. The highest BCUT2D eigenvalue weighted by atomic mass is 16.5. The van der Waals surface area contributed by atoms with Crippen LogP contribution in [0.3, 0.4) is 0 Å². The zero-order chi connectivity index (χ0) is 15.5. The van der Waals surface area contributed by atoms with E-state index >= 15 is 0 Å². The Morgan fingerprint density at radius 3 is 2.64 bits per heavy atom. The van der Waals surface area contributed by atoms with Crippen molar-refractivity contribution in [3.8, 4) is 0 Å². The molecule has 3 heteroatoms. The van der Waals surface area contributed by atoms with Crippen LogP contribution in [0.15, 0.2) is 24.3 Å². The number of para-hydroxylation sites is 1. The van der Waals surface area contributed by atoms with Gasteiger partial charge < -0.3 is 9.64 Å². The summed E-state index contributed by atoms with van der Waals surface area (Å²) in [6.07, 6.45) is 3.47. The van der Waals surface area contributed by atoms with E-state index in [0.717, 1.165) is 31.6 Å². The van der Waals surface area contributed by atoms with Gasteiger partial charge in [0.1, 0.15) is 0 Å². The molecule has 1 aliphatic rings. The Morgan fingerprint density at radius 1 is 1.23 bits per heavy atom. The highest BCUT2D eigenvalue weighted by molar-refractivity contribution is 5.94. The van der Waals surface area contributed by atoms with E-state index in [0.29, 0.717) is 5.92 Å². The van der Waals surface area contributed by atoms with Crippen molar-refractivity contribution in [3.63, 3.8) is 0 Å². The summed E-state index contributed by atoms with van der Waals surface area (Å²) in [5, 5.41) is 1.30. The summed E-state index contributed by atoms with van der Waals surface area (Å²) >= 11 is 0. The Bertz CT molecular complexity index is 645. The largest absolute Gasteiger partial charge is 0.384 e. The fourth-order valence-electron chi connectivity index (χ4n) is 3.70. The smallest absolute Gasteiger partial charge is 0.0726 e. The molecule has 0 saturated carbocycles. The fourth-order valence-corrected chi connectivity index (χ4v) is 3.70. The lowest BCUT2D eigenvalue weighted by molar-refractivity contribution is 0.139. The van der Waals surface area contributed by atoms with Crippen LogP contribution >= 0.6 is 0 Å². The summed E-state index contributed by atoms with van der Waals surface area (Å²) in [6, 6.07) is 8.55. The van der Waals surface area contributed by atoms with Crippen LogP contribution < -0.4 is 4.90 Å². The Labute approximate surface area is 133 Å². The number of aryl methyl sites for hydroxylation is 1. The van der Waals surface area contributed by atoms with Gasteiger partial charge in [0.15, 0.2) is 0 Å². The number of hydrogen-bond acceptors (Lipinski definition) is 3. The second-order valence-corrected chi connectivity index (χ2v) is 6.28. The number of methoxy groups -OCH3 is 1. The third-order valence-corrected chi connectivity index (χ3v) is 4.86. The minimum atomic E-state index is 0.709. The van der Waals surface area contributed by atoms with Crippen LogP contribution in [0.25, 0.3) is 10.9 Å². The zero-order valence-electron chi connectivity index (χ0n) is 13.9. The predicted octanol–water partition coefficient (Wildman–Crippen LogP) is 3.97.